The average molecular weight is 481 g/mol. The first-order chi connectivity index (χ1) is 17.0. The van der Waals surface area contributed by atoms with E-state index >= 15 is 0 Å². The highest BCUT2D eigenvalue weighted by Gasteiger charge is 2.31. The molecular formula is C23H20B3F2N7O. The molecule has 0 unspecified atom stereocenters. The molecule has 2 atom stereocenters. The minimum atomic E-state index is -1.65. The van der Waals surface area contributed by atoms with Crippen LogP contribution < -0.4 is 4.90 Å². The molecule has 0 spiro atoms. The van der Waals surface area contributed by atoms with E-state index in [-0.39, 0.29) is 17.4 Å². The standard InChI is InChI=1S/C23H20B3F2N7O/c1-11-8-34(10-18(36-11)14-7-29-35(9-14)23(24,25)26)22-32-19(16-5-4-15(27)6-17(16)28)20-21(33-22)31-13(3)12(2)30-20/h4-7,9,11,18H,8,10H2,1-3H3/t11-,18-/m1/s1. The molecule has 8 nitrogen and oxygen atoms in total. The number of aromatic nitrogens is 6. The third kappa shape index (κ3) is 4.59. The van der Waals surface area contributed by atoms with Gasteiger partial charge in [-0.1, -0.05) is 0 Å². The maximum atomic E-state index is 14.8. The van der Waals surface area contributed by atoms with Crippen molar-refractivity contribution in [3.8, 4) is 11.3 Å². The van der Waals surface area contributed by atoms with Gasteiger partial charge in [-0.3, -0.25) is 4.68 Å². The van der Waals surface area contributed by atoms with Crippen LogP contribution in [0.2, 0.25) is 0 Å². The van der Waals surface area contributed by atoms with E-state index in [0.29, 0.717) is 47.2 Å². The van der Waals surface area contributed by atoms with Gasteiger partial charge in [0.25, 0.3) is 0 Å². The van der Waals surface area contributed by atoms with Gasteiger partial charge >= 0.3 is 0 Å². The van der Waals surface area contributed by atoms with Crippen LogP contribution in [0.4, 0.5) is 14.7 Å². The maximum absolute atomic E-state index is 14.8. The minimum absolute atomic E-state index is 0.104. The highest BCUT2D eigenvalue weighted by atomic mass is 19.1. The molecule has 0 aliphatic carbocycles. The maximum Gasteiger partial charge on any atom is 0.228 e. The van der Waals surface area contributed by atoms with Crippen LogP contribution in [0.1, 0.15) is 30.0 Å². The topological polar surface area (TPSA) is 81.9 Å². The lowest BCUT2D eigenvalue weighted by molar-refractivity contribution is -0.0178. The fourth-order valence-corrected chi connectivity index (χ4v) is 4.13. The van der Waals surface area contributed by atoms with Crippen molar-refractivity contribution < 1.29 is 13.5 Å². The van der Waals surface area contributed by atoms with Gasteiger partial charge in [-0.25, -0.2) is 23.7 Å². The Morgan fingerprint density at radius 1 is 1.03 bits per heavy atom. The van der Waals surface area contributed by atoms with Gasteiger partial charge < -0.3 is 9.64 Å². The van der Waals surface area contributed by atoms with Crippen LogP contribution in [0.3, 0.4) is 0 Å². The Morgan fingerprint density at radius 2 is 1.78 bits per heavy atom. The number of ether oxygens (including phenoxy) is 1. The van der Waals surface area contributed by atoms with Crippen molar-refractivity contribution in [2.24, 2.45) is 0 Å². The van der Waals surface area contributed by atoms with Crippen LogP contribution in [-0.4, -0.2) is 72.4 Å². The molecule has 6 radical (unpaired) electrons. The Morgan fingerprint density at radius 3 is 2.47 bits per heavy atom. The molecule has 36 heavy (non-hydrogen) atoms. The second-order valence-corrected chi connectivity index (χ2v) is 9.01. The van der Waals surface area contributed by atoms with Gasteiger partial charge in [0.1, 0.15) is 28.9 Å². The van der Waals surface area contributed by atoms with Crippen molar-refractivity contribution in [1.82, 2.24) is 29.7 Å². The summed E-state index contributed by atoms with van der Waals surface area (Å²) in [6.45, 7) is 6.36. The van der Waals surface area contributed by atoms with Crippen molar-refractivity contribution in [3.63, 3.8) is 0 Å². The molecule has 1 saturated heterocycles. The predicted molar refractivity (Wildman–Crippen MR) is 133 cm³/mol. The minimum Gasteiger partial charge on any atom is -0.367 e. The van der Waals surface area contributed by atoms with E-state index in [0.717, 1.165) is 6.07 Å². The van der Waals surface area contributed by atoms with Crippen molar-refractivity contribution in [1.29, 1.82) is 0 Å². The Hall–Kier alpha value is -3.34. The zero-order chi connectivity index (χ0) is 25.8. The van der Waals surface area contributed by atoms with E-state index in [1.165, 1.54) is 16.8 Å². The fourth-order valence-electron chi connectivity index (χ4n) is 4.13. The number of aryl methyl sites for hydroxylation is 2. The largest absolute Gasteiger partial charge is 0.367 e. The summed E-state index contributed by atoms with van der Waals surface area (Å²) in [6.07, 6.45) is 2.59. The lowest BCUT2D eigenvalue weighted by atomic mass is 9.49. The van der Waals surface area contributed by atoms with Crippen LogP contribution in [0.25, 0.3) is 22.4 Å². The van der Waals surface area contributed by atoms with Crippen LogP contribution >= 0.6 is 0 Å². The van der Waals surface area contributed by atoms with Crippen molar-refractivity contribution in [2.45, 2.75) is 38.2 Å². The Balaban J connectivity index is 1.59. The Bertz CT molecular complexity index is 1460. The van der Waals surface area contributed by atoms with E-state index in [2.05, 4.69) is 25.0 Å². The summed E-state index contributed by atoms with van der Waals surface area (Å²) < 4.78 is 35.8. The molecule has 0 N–H and O–H groups in total. The number of morpholine rings is 1. The average Bonchev–Trinajstić information content (AvgIpc) is 3.30. The monoisotopic (exact) mass is 481 g/mol. The first kappa shape index (κ1) is 24.4. The molecule has 4 aromatic rings. The summed E-state index contributed by atoms with van der Waals surface area (Å²) in [4.78, 5) is 20.4. The molecular weight excluding hydrogens is 461 g/mol. The summed E-state index contributed by atoms with van der Waals surface area (Å²) in [7, 11) is 17.2. The van der Waals surface area contributed by atoms with Gasteiger partial charge in [0.05, 0.1) is 53.8 Å². The third-order valence-electron chi connectivity index (χ3n) is 6.03. The highest BCUT2D eigenvalue weighted by molar-refractivity contribution is 6.56. The molecule has 0 bridgehead atoms. The number of hydrogen-bond acceptors (Lipinski definition) is 7. The summed E-state index contributed by atoms with van der Waals surface area (Å²) in [5.41, 5.74) is 3.04. The number of benzene rings is 1. The molecule has 4 heterocycles. The smallest absolute Gasteiger partial charge is 0.228 e. The van der Waals surface area contributed by atoms with Crippen LogP contribution in [0, 0.1) is 25.5 Å². The van der Waals surface area contributed by atoms with Crippen molar-refractivity contribution >= 4 is 40.7 Å². The van der Waals surface area contributed by atoms with Gasteiger partial charge in [0, 0.05) is 29.9 Å². The van der Waals surface area contributed by atoms with Gasteiger partial charge in [-0.2, -0.15) is 10.1 Å². The predicted octanol–water partition coefficient (Wildman–Crippen LogP) is 2.22. The SMILES string of the molecule is [B]C([B])([B])n1cc([C@H]2CN(c3nc(-c4ccc(F)cc4F)c4nc(C)c(C)nc4n3)C[C@@H](C)O2)cn1. The summed E-state index contributed by atoms with van der Waals surface area (Å²) in [5, 5.41) is 2.49. The lowest BCUT2D eigenvalue weighted by Crippen LogP contribution is -2.43. The Labute approximate surface area is 210 Å². The van der Waals surface area contributed by atoms with E-state index in [1.807, 2.05) is 18.7 Å². The van der Waals surface area contributed by atoms with E-state index in [1.54, 1.807) is 19.3 Å². The second kappa shape index (κ2) is 8.95. The molecule has 1 aromatic carbocycles. The number of fused-ring (bicyclic) bond motifs is 1. The molecule has 5 rings (SSSR count). The number of rotatable bonds is 4. The molecule has 0 saturated carbocycles. The molecule has 13 heteroatoms. The molecule has 0 amide bonds. The van der Waals surface area contributed by atoms with Gasteiger partial charge in [0.2, 0.25) is 5.95 Å². The van der Waals surface area contributed by atoms with E-state index in [4.69, 9.17) is 28.3 Å². The highest BCUT2D eigenvalue weighted by Crippen LogP contribution is 2.32. The zero-order valence-corrected chi connectivity index (χ0v) is 20.0. The third-order valence-corrected chi connectivity index (χ3v) is 6.03. The van der Waals surface area contributed by atoms with E-state index < -0.39 is 23.0 Å². The summed E-state index contributed by atoms with van der Waals surface area (Å²) >= 11 is 0. The Kier molecular flexibility index (Phi) is 6.06. The quantitative estimate of drug-likeness (QED) is 0.414. The first-order valence-corrected chi connectivity index (χ1v) is 11.3. The van der Waals surface area contributed by atoms with Crippen molar-refractivity contribution in [3.05, 3.63) is 59.2 Å². The van der Waals surface area contributed by atoms with Crippen LogP contribution in [0.15, 0.2) is 30.6 Å². The van der Waals surface area contributed by atoms with Crippen molar-refractivity contribution in [2.75, 3.05) is 18.0 Å². The zero-order valence-electron chi connectivity index (χ0n) is 20.0. The van der Waals surface area contributed by atoms with Crippen LogP contribution in [-0.2, 0) is 9.97 Å². The number of anilines is 1. The van der Waals surface area contributed by atoms with Gasteiger partial charge in [-0.05, 0) is 38.1 Å². The first-order valence-electron chi connectivity index (χ1n) is 11.3. The van der Waals surface area contributed by atoms with Crippen LogP contribution in [0.5, 0.6) is 0 Å². The fraction of sp³-hybridized carbons (Fsp3) is 0.348. The molecule has 3 aromatic heterocycles. The number of hydrogen-bond donors (Lipinski definition) is 0. The van der Waals surface area contributed by atoms with E-state index in [9.17, 15) is 8.78 Å². The normalized spacial score (nSPS) is 18.6. The number of nitrogens with zero attached hydrogens (tertiary/aromatic N) is 7. The van der Waals surface area contributed by atoms with Gasteiger partial charge in [-0.15, -0.1) is 0 Å². The van der Waals surface area contributed by atoms with Gasteiger partial charge in [0.15, 0.2) is 5.65 Å². The summed E-state index contributed by atoms with van der Waals surface area (Å²) in [6, 6.07) is 3.33. The molecule has 1 fully saturated rings. The molecule has 176 valence electrons. The molecule has 1 aliphatic rings. The lowest BCUT2D eigenvalue weighted by Gasteiger charge is -2.36. The number of halogens is 2. The molecule has 1 aliphatic heterocycles. The summed E-state index contributed by atoms with van der Waals surface area (Å²) in [5.74, 6) is -1.12. The second-order valence-electron chi connectivity index (χ2n) is 9.01.